The second-order valence-electron chi connectivity index (χ2n) is 4.93. The number of hydrogen-bond donors (Lipinski definition) is 1. The number of methoxy groups -OCH3 is 1. The van der Waals surface area contributed by atoms with E-state index in [2.05, 4.69) is 0 Å². The molecule has 0 aromatic rings. The van der Waals surface area contributed by atoms with Gasteiger partial charge in [-0.1, -0.05) is 6.92 Å². The lowest BCUT2D eigenvalue weighted by molar-refractivity contribution is -0.148. The van der Waals surface area contributed by atoms with Gasteiger partial charge in [-0.2, -0.15) is 11.8 Å². The van der Waals surface area contributed by atoms with Crippen LogP contribution in [0, 0.1) is 11.8 Å². The van der Waals surface area contributed by atoms with E-state index >= 15 is 0 Å². The molecular weight excluding hydrogens is 282 g/mol. The molecule has 0 bridgehead atoms. The molecule has 0 aromatic heterocycles. The van der Waals surface area contributed by atoms with E-state index in [1.807, 2.05) is 0 Å². The third-order valence-electron chi connectivity index (χ3n) is 3.40. The Morgan fingerprint density at radius 3 is 2.45 bits per heavy atom. The molecule has 20 heavy (non-hydrogen) atoms. The van der Waals surface area contributed by atoms with Crippen molar-refractivity contribution in [3.05, 3.63) is 0 Å². The minimum absolute atomic E-state index is 0.0101. The lowest BCUT2D eigenvalue weighted by Gasteiger charge is -2.30. The summed E-state index contributed by atoms with van der Waals surface area (Å²) in [6.07, 6.45) is 1.27. The number of carbonyl (C=O) groups is 3. The summed E-state index contributed by atoms with van der Waals surface area (Å²) in [6, 6.07) is 0. The Morgan fingerprint density at radius 2 is 1.95 bits per heavy atom. The number of rotatable bonds is 6. The molecule has 1 atom stereocenters. The summed E-state index contributed by atoms with van der Waals surface area (Å²) < 4.78 is 4.70. The summed E-state index contributed by atoms with van der Waals surface area (Å²) in [7, 11) is 1.38. The molecule has 1 saturated heterocycles. The molecule has 1 rings (SSSR count). The van der Waals surface area contributed by atoms with Gasteiger partial charge in [-0.15, -0.1) is 0 Å². The molecule has 0 radical (unpaired) electrons. The lowest BCUT2D eigenvalue weighted by Crippen LogP contribution is -2.41. The summed E-state index contributed by atoms with van der Waals surface area (Å²) in [5.74, 6) is -0.872. The van der Waals surface area contributed by atoms with Crippen molar-refractivity contribution in [3.63, 3.8) is 0 Å². The number of thioether (sulfide) groups is 1. The van der Waals surface area contributed by atoms with Gasteiger partial charge < -0.3 is 14.7 Å². The molecule has 1 aliphatic heterocycles. The normalized spacial score (nSPS) is 17.6. The summed E-state index contributed by atoms with van der Waals surface area (Å²) in [5.41, 5.74) is 0. The van der Waals surface area contributed by atoms with Gasteiger partial charge >= 0.3 is 11.9 Å². The highest BCUT2D eigenvalue weighted by atomic mass is 32.2. The average molecular weight is 303 g/mol. The first-order valence-electron chi connectivity index (χ1n) is 6.61. The fraction of sp³-hybridized carbons (Fsp3) is 0.769. The van der Waals surface area contributed by atoms with Gasteiger partial charge in [0.2, 0.25) is 5.91 Å². The predicted molar refractivity (Wildman–Crippen MR) is 75.4 cm³/mol. The Hall–Kier alpha value is -1.24. The molecule has 1 aliphatic rings. The van der Waals surface area contributed by atoms with Crippen LogP contribution < -0.4 is 0 Å². The molecule has 0 saturated carbocycles. The van der Waals surface area contributed by atoms with Crippen LogP contribution >= 0.6 is 11.8 Å². The number of esters is 1. The number of likely N-dealkylation sites (tertiary alicyclic amines) is 1. The SMILES string of the molecule is COC(=O)C1CCN(C(=O)CSCC(C)C(=O)O)CC1. The van der Waals surface area contributed by atoms with Gasteiger partial charge in [-0.3, -0.25) is 14.4 Å². The van der Waals surface area contributed by atoms with E-state index in [4.69, 9.17) is 9.84 Å². The average Bonchev–Trinajstić information content (AvgIpc) is 2.46. The number of piperidine rings is 1. The van der Waals surface area contributed by atoms with Crippen molar-refractivity contribution in [1.82, 2.24) is 4.90 Å². The molecule has 0 spiro atoms. The van der Waals surface area contributed by atoms with Gasteiger partial charge in [0.1, 0.15) is 0 Å². The second kappa shape index (κ2) is 8.14. The van der Waals surface area contributed by atoms with Crippen molar-refractivity contribution >= 4 is 29.6 Å². The van der Waals surface area contributed by atoms with E-state index in [1.165, 1.54) is 18.9 Å². The maximum absolute atomic E-state index is 11.9. The summed E-state index contributed by atoms with van der Waals surface area (Å²) in [6.45, 7) is 2.75. The molecule has 114 valence electrons. The third-order valence-corrected chi connectivity index (χ3v) is 4.58. The number of carbonyl (C=O) groups excluding carboxylic acids is 2. The standard InChI is InChI=1S/C13H21NO5S/c1-9(12(16)17)7-20-8-11(15)14-5-3-10(4-6-14)13(18)19-2/h9-10H,3-8H2,1-2H3,(H,16,17). The number of carboxylic acid groups (broad SMARTS) is 1. The van der Waals surface area contributed by atoms with Gasteiger partial charge in [-0.05, 0) is 12.8 Å². The van der Waals surface area contributed by atoms with Gasteiger partial charge in [0.15, 0.2) is 0 Å². The molecule has 1 fully saturated rings. The van der Waals surface area contributed by atoms with Crippen LogP contribution in [0.2, 0.25) is 0 Å². The maximum atomic E-state index is 11.9. The second-order valence-corrected chi connectivity index (χ2v) is 5.96. The Labute approximate surface area is 122 Å². The molecule has 6 nitrogen and oxygen atoms in total. The van der Waals surface area contributed by atoms with E-state index in [1.54, 1.807) is 11.8 Å². The van der Waals surface area contributed by atoms with Crippen LogP contribution in [0.15, 0.2) is 0 Å². The van der Waals surface area contributed by atoms with Crippen LogP contribution in [-0.2, 0) is 19.1 Å². The first-order chi connectivity index (χ1) is 9.45. The van der Waals surface area contributed by atoms with E-state index in [-0.39, 0.29) is 17.8 Å². The van der Waals surface area contributed by atoms with Gasteiger partial charge in [-0.25, -0.2) is 0 Å². The van der Waals surface area contributed by atoms with Gasteiger partial charge in [0.05, 0.1) is 24.7 Å². The number of aliphatic carboxylic acids is 1. The topological polar surface area (TPSA) is 83.9 Å². The molecule has 1 amide bonds. The van der Waals surface area contributed by atoms with Crippen LogP contribution in [0.25, 0.3) is 0 Å². The van der Waals surface area contributed by atoms with Crippen LogP contribution in [-0.4, -0.2) is 59.6 Å². The number of amides is 1. The van der Waals surface area contributed by atoms with Crippen molar-refractivity contribution < 1.29 is 24.2 Å². The van der Waals surface area contributed by atoms with E-state index in [9.17, 15) is 14.4 Å². The number of nitrogens with zero attached hydrogens (tertiary/aromatic N) is 1. The molecule has 7 heteroatoms. The quantitative estimate of drug-likeness (QED) is 0.732. The van der Waals surface area contributed by atoms with Crippen LogP contribution in [0.5, 0.6) is 0 Å². The lowest BCUT2D eigenvalue weighted by atomic mass is 9.97. The van der Waals surface area contributed by atoms with Crippen LogP contribution in [0.3, 0.4) is 0 Å². The molecular formula is C13H21NO5S. The first-order valence-corrected chi connectivity index (χ1v) is 7.77. The van der Waals surface area contributed by atoms with E-state index in [0.29, 0.717) is 37.4 Å². The largest absolute Gasteiger partial charge is 0.481 e. The monoisotopic (exact) mass is 303 g/mol. The maximum Gasteiger partial charge on any atom is 0.308 e. The molecule has 0 aromatic carbocycles. The Bertz CT molecular complexity index is 366. The Morgan fingerprint density at radius 1 is 1.35 bits per heavy atom. The smallest absolute Gasteiger partial charge is 0.308 e. The van der Waals surface area contributed by atoms with E-state index in [0.717, 1.165) is 0 Å². The highest BCUT2D eigenvalue weighted by Gasteiger charge is 2.27. The van der Waals surface area contributed by atoms with Gasteiger partial charge in [0.25, 0.3) is 0 Å². The van der Waals surface area contributed by atoms with Crippen molar-refractivity contribution in [2.24, 2.45) is 11.8 Å². The number of carboxylic acids is 1. The predicted octanol–water partition coefficient (Wildman–Crippen LogP) is 0.852. The minimum Gasteiger partial charge on any atom is -0.481 e. The highest BCUT2D eigenvalue weighted by Crippen LogP contribution is 2.19. The number of ether oxygens (including phenoxy) is 1. The fourth-order valence-corrected chi connectivity index (χ4v) is 2.99. The van der Waals surface area contributed by atoms with Crippen LogP contribution in [0.4, 0.5) is 0 Å². The summed E-state index contributed by atoms with van der Waals surface area (Å²) in [5, 5.41) is 8.75. The Kier molecular flexibility index (Phi) is 6.84. The zero-order valence-corrected chi connectivity index (χ0v) is 12.6. The Balaban J connectivity index is 2.26. The molecule has 1 N–H and O–H groups in total. The van der Waals surface area contributed by atoms with Crippen molar-refractivity contribution in [2.75, 3.05) is 31.7 Å². The van der Waals surface area contributed by atoms with Crippen LogP contribution in [0.1, 0.15) is 19.8 Å². The van der Waals surface area contributed by atoms with Crippen molar-refractivity contribution in [2.45, 2.75) is 19.8 Å². The minimum atomic E-state index is -0.844. The zero-order valence-electron chi connectivity index (χ0n) is 11.8. The number of hydrogen-bond acceptors (Lipinski definition) is 5. The first kappa shape index (κ1) is 16.8. The van der Waals surface area contributed by atoms with Gasteiger partial charge in [0, 0.05) is 18.8 Å². The van der Waals surface area contributed by atoms with E-state index < -0.39 is 11.9 Å². The summed E-state index contributed by atoms with van der Waals surface area (Å²) >= 11 is 1.34. The fourth-order valence-electron chi connectivity index (χ4n) is 2.02. The molecule has 1 heterocycles. The summed E-state index contributed by atoms with van der Waals surface area (Å²) in [4.78, 5) is 35.7. The third kappa shape index (κ3) is 5.03. The molecule has 0 aliphatic carbocycles. The zero-order chi connectivity index (χ0) is 15.1. The highest BCUT2D eigenvalue weighted by molar-refractivity contribution is 7.99. The van der Waals surface area contributed by atoms with Crippen molar-refractivity contribution in [3.8, 4) is 0 Å². The van der Waals surface area contributed by atoms with Crippen molar-refractivity contribution in [1.29, 1.82) is 0 Å². The molecule has 1 unspecified atom stereocenters.